The summed E-state index contributed by atoms with van der Waals surface area (Å²) in [5.41, 5.74) is 3.76. The summed E-state index contributed by atoms with van der Waals surface area (Å²) in [6.07, 6.45) is 1.60. The van der Waals surface area contributed by atoms with E-state index in [9.17, 15) is 4.39 Å². The molecule has 0 heterocycles. The number of ether oxygens (including phenoxy) is 1. The highest BCUT2D eigenvalue weighted by Gasteiger charge is 2.02. The van der Waals surface area contributed by atoms with Gasteiger partial charge in [0.1, 0.15) is 11.6 Å². The Hall–Kier alpha value is -2.47. The minimum Gasteiger partial charge on any atom is -0.493 e. The molecule has 2 aromatic carbocycles. The monoisotopic (exact) mass is 317 g/mol. The Balaban J connectivity index is 1.95. The van der Waals surface area contributed by atoms with Crippen molar-refractivity contribution in [2.45, 2.75) is 6.92 Å². The van der Waals surface area contributed by atoms with Crippen molar-refractivity contribution in [2.75, 3.05) is 11.9 Å². The van der Waals surface area contributed by atoms with Gasteiger partial charge in [-0.2, -0.15) is 5.10 Å². The third-order valence-electron chi connectivity index (χ3n) is 2.71. The number of hydrogen-bond acceptors (Lipinski definition) is 3. The summed E-state index contributed by atoms with van der Waals surface area (Å²) in [6.45, 7) is 2.49. The maximum atomic E-state index is 13.5. The van der Waals surface area contributed by atoms with Crippen LogP contribution in [0.1, 0.15) is 12.5 Å². The number of halogens is 1. The average molecular weight is 317 g/mol. The van der Waals surface area contributed by atoms with Gasteiger partial charge < -0.3 is 10.1 Å². The van der Waals surface area contributed by atoms with Crippen LogP contribution in [0.15, 0.2) is 53.6 Å². The lowest BCUT2D eigenvalue weighted by molar-refractivity contribution is 0.340. The number of thiocarbonyl (C=S) groups is 1. The zero-order valence-corrected chi connectivity index (χ0v) is 12.9. The van der Waals surface area contributed by atoms with E-state index in [4.69, 9.17) is 17.0 Å². The van der Waals surface area contributed by atoms with E-state index in [1.54, 1.807) is 24.4 Å². The van der Waals surface area contributed by atoms with Crippen molar-refractivity contribution in [3.63, 3.8) is 0 Å². The summed E-state index contributed by atoms with van der Waals surface area (Å²) in [7, 11) is 0. The molecule has 2 N–H and O–H groups in total. The molecule has 0 aliphatic rings. The van der Waals surface area contributed by atoms with Gasteiger partial charge in [0.2, 0.25) is 0 Å². The van der Waals surface area contributed by atoms with Crippen LogP contribution in [0.25, 0.3) is 0 Å². The zero-order chi connectivity index (χ0) is 15.8. The summed E-state index contributed by atoms with van der Waals surface area (Å²) in [6, 6.07) is 13.8. The largest absolute Gasteiger partial charge is 0.493 e. The normalized spacial score (nSPS) is 10.5. The summed E-state index contributed by atoms with van der Waals surface area (Å²) < 4.78 is 19.0. The van der Waals surface area contributed by atoms with Crippen LogP contribution in [0, 0.1) is 5.82 Å². The fourth-order valence-corrected chi connectivity index (χ4v) is 1.91. The molecule has 0 aliphatic heterocycles. The molecular weight excluding hydrogens is 301 g/mol. The molecule has 2 aromatic rings. The number of hydrazone groups is 1. The number of rotatable bonds is 5. The molecule has 114 valence electrons. The Labute approximate surface area is 134 Å². The molecule has 0 amide bonds. The van der Waals surface area contributed by atoms with Crippen molar-refractivity contribution in [3.05, 3.63) is 59.9 Å². The Morgan fingerprint density at radius 2 is 1.95 bits per heavy atom. The molecular formula is C16H16FN3OS. The Kier molecular flexibility index (Phi) is 5.85. The smallest absolute Gasteiger partial charge is 0.191 e. The van der Waals surface area contributed by atoms with Crippen LogP contribution in [0.4, 0.5) is 10.1 Å². The first-order valence-electron chi connectivity index (χ1n) is 6.77. The molecule has 0 fully saturated rings. The average Bonchev–Trinajstić information content (AvgIpc) is 2.51. The number of benzene rings is 2. The van der Waals surface area contributed by atoms with Gasteiger partial charge in [-0.05, 0) is 43.4 Å². The van der Waals surface area contributed by atoms with Crippen LogP contribution in [0.3, 0.4) is 0 Å². The highest BCUT2D eigenvalue weighted by atomic mass is 32.1. The van der Waals surface area contributed by atoms with Gasteiger partial charge in [-0.1, -0.05) is 24.3 Å². The van der Waals surface area contributed by atoms with Crippen LogP contribution in [0.2, 0.25) is 0 Å². The van der Waals surface area contributed by atoms with Crippen molar-refractivity contribution < 1.29 is 9.13 Å². The number of nitrogens with one attached hydrogen (secondary N) is 2. The molecule has 0 radical (unpaired) electrons. The molecule has 0 saturated carbocycles. The van der Waals surface area contributed by atoms with Gasteiger partial charge in [0.15, 0.2) is 5.11 Å². The molecule has 0 atom stereocenters. The third-order valence-corrected chi connectivity index (χ3v) is 2.90. The van der Waals surface area contributed by atoms with E-state index < -0.39 is 0 Å². The van der Waals surface area contributed by atoms with E-state index in [2.05, 4.69) is 15.8 Å². The fourth-order valence-electron chi connectivity index (χ4n) is 1.75. The van der Waals surface area contributed by atoms with Crippen LogP contribution in [-0.4, -0.2) is 17.9 Å². The second-order valence-corrected chi connectivity index (χ2v) is 4.68. The molecule has 0 spiro atoms. The first kappa shape index (κ1) is 15.9. The van der Waals surface area contributed by atoms with Crippen LogP contribution >= 0.6 is 12.2 Å². The number of nitrogens with zero attached hydrogens (tertiary/aromatic N) is 1. The Morgan fingerprint density at radius 1 is 1.23 bits per heavy atom. The first-order chi connectivity index (χ1) is 10.7. The van der Waals surface area contributed by atoms with Gasteiger partial charge in [-0.15, -0.1) is 0 Å². The van der Waals surface area contributed by atoms with Crippen molar-refractivity contribution in [1.29, 1.82) is 0 Å². The van der Waals surface area contributed by atoms with E-state index in [1.807, 2.05) is 31.2 Å². The van der Waals surface area contributed by atoms with Crippen LogP contribution in [-0.2, 0) is 0 Å². The van der Waals surface area contributed by atoms with Gasteiger partial charge in [-0.25, -0.2) is 4.39 Å². The minimum absolute atomic E-state index is 0.204. The van der Waals surface area contributed by atoms with Gasteiger partial charge >= 0.3 is 0 Å². The summed E-state index contributed by atoms with van der Waals surface area (Å²) >= 11 is 5.06. The lowest BCUT2D eigenvalue weighted by Gasteiger charge is -2.08. The Bertz CT molecular complexity index is 676. The van der Waals surface area contributed by atoms with Crippen molar-refractivity contribution in [2.24, 2.45) is 5.10 Å². The number of hydrogen-bond donors (Lipinski definition) is 2. The summed E-state index contributed by atoms with van der Waals surface area (Å²) in [4.78, 5) is 0. The molecule has 0 aliphatic carbocycles. The number of para-hydroxylation sites is 2. The van der Waals surface area contributed by atoms with Crippen molar-refractivity contribution in [1.82, 2.24) is 5.43 Å². The van der Waals surface area contributed by atoms with E-state index in [0.717, 1.165) is 11.3 Å². The van der Waals surface area contributed by atoms with Crippen LogP contribution < -0.4 is 15.5 Å². The standard InChI is InChI=1S/C16H16FN3OS/c1-2-21-15-10-6-3-7-12(15)11-18-20-16(22)19-14-9-5-4-8-13(14)17/h3-11H,2H2,1H3,(H2,19,20,22)/b18-11-. The first-order valence-corrected chi connectivity index (χ1v) is 7.18. The zero-order valence-electron chi connectivity index (χ0n) is 12.0. The highest BCUT2D eigenvalue weighted by Crippen LogP contribution is 2.15. The maximum absolute atomic E-state index is 13.5. The van der Waals surface area contributed by atoms with E-state index >= 15 is 0 Å². The summed E-state index contributed by atoms with van der Waals surface area (Å²) in [5, 5.41) is 6.97. The Morgan fingerprint density at radius 3 is 2.73 bits per heavy atom. The molecule has 4 nitrogen and oxygen atoms in total. The van der Waals surface area contributed by atoms with Crippen LogP contribution in [0.5, 0.6) is 5.75 Å². The second-order valence-electron chi connectivity index (χ2n) is 4.27. The van der Waals surface area contributed by atoms with E-state index in [1.165, 1.54) is 6.07 Å². The molecule has 0 unspecified atom stereocenters. The fraction of sp³-hybridized carbons (Fsp3) is 0.125. The molecule has 0 saturated heterocycles. The molecule has 6 heteroatoms. The summed E-state index contributed by atoms with van der Waals surface area (Å²) in [5.74, 6) is 0.362. The SMILES string of the molecule is CCOc1ccccc1/C=N\NC(=S)Nc1ccccc1F. The van der Waals surface area contributed by atoms with Gasteiger partial charge in [0, 0.05) is 5.56 Å². The van der Waals surface area contributed by atoms with Gasteiger partial charge in [0.25, 0.3) is 0 Å². The van der Waals surface area contributed by atoms with Gasteiger partial charge in [-0.3, -0.25) is 5.43 Å². The number of anilines is 1. The van der Waals surface area contributed by atoms with Crippen molar-refractivity contribution in [3.8, 4) is 5.75 Å². The van der Waals surface area contributed by atoms with Gasteiger partial charge in [0.05, 0.1) is 18.5 Å². The van der Waals surface area contributed by atoms with Crippen molar-refractivity contribution >= 4 is 29.2 Å². The molecule has 22 heavy (non-hydrogen) atoms. The third kappa shape index (κ3) is 4.53. The lowest BCUT2D eigenvalue weighted by atomic mass is 10.2. The molecule has 0 bridgehead atoms. The maximum Gasteiger partial charge on any atom is 0.191 e. The minimum atomic E-state index is -0.377. The lowest BCUT2D eigenvalue weighted by Crippen LogP contribution is -2.24. The van der Waals surface area contributed by atoms with E-state index in [-0.39, 0.29) is 10.9 Å². The predicted molar refractivity (Wildman–Crippen MR) is 91.0 cm³/mol. The predicted octanol–water partition coefficient (Wildman–Crippen LogP) is 3.54. The topological polar surface area (TPSA) is 45.6 Å². The molecule has 2 rings (SSSR count). The van der Waals surface area contributed by atoms with E-state index in [0.29, 0.717) is 12.3 Å². The highest BCUT2D eigenvalue weighted by molar-refractivity contribution is 7.80. The second kappa shape index (κ2) is 8.09. The quantitative estimate of drug-likeness (QED) is 0.503. The molecule has 0 aromatic heterocycles.